The van der Waals surface area contributed by atoms with Crippen LogP contribution in [0.2, 0.25) is 0 Å². The molecule has 0 fully saturated rings. The largest absolute Gasteiger partial charge is 0.379 e. The van der Waals surface area contributed by atoms with Crippen molar-refractivity contribution in [2.24, 2.45) is 17.5 Å². The second kappa shape index (κ2) is 10.0. The van der Waals surface area contributed by atoms with Gasteiger partial charge in [-0.15, -0.1) is 24.0 Å². The van der Waals surface area contributed by atoms with E-state index in [1.165, 1.54) is 0 Å². The summed E-state index contributed by atoms with van der Waals surface area (Å²) in [5.74, 6) is 0.799. The van der Waals surface area contributed by atoms with E-state index in [1.54, 1.807) is 11.8 Å². The highest BCUT2D eigenvalue weighted by Gasteiger charge is 2.24. The minimum atomic E-state index is 0. The molecular weight excluding hydrogens is 393 g/mol. The molecule has 0 amide bonds. The first-order chi connectivity index (χ1) is 9.86. The third-order valence-electron chi connectivity index (χ3n) is 3.23. The van der Waals surface area contributed by atoms with Gasteiger partial charge in [-0.3, -0.25) is 4.68 Å². The number of rotatable bonds is 6. The highest BCUT2D eigenvalue weighted by Crippen LogP contribution is 2.20. The van der Waals surface area contributed by atoms with Crippen LogP contribution in [0.1, 0.15) is 33.3 Å². The van der Waals surface area contributed by atoms with Gasteiger partial charge < -0.3 is 15.4 Å². The molecule has 0 radical (unpaired) electrons. The Kier molecular flexibility index (Phi) is 9.66. The summed E-state index contributed by atoms with van der Waals surface area (Å²) in [6.07, 6.45) is 3.93. The van der Waals surface area contributed by atoms with Crippen LogP contribution in [0.5, 0.6) is 0 Å². The highest BCUT2D eigenvalue weighted by molar-refractivity contribution is 14.0. The third kappa shape index (κ3) is 7.44. The van der Waals surface area contributed by atoms with Gasteiger partial charge in [0.2, 0.25) is 0 Å². The van der Waals surface area contributed by atoms with E-state index in [0.29, 0.717) is 6.54 Å². The lowest BCUT2D eigenvalue weighted by molar-refractivity contribution is 0.0205. The molecule has 0 aliphatic carbocycles. The summed E-state index contributed by atoms with van der Waals surface area (Å²) in [4.78, 5) is 4.57. The van der Waals surface area contributed by atoms with Crippen molar-refractivity contribution in [3.8, 4) is 0 Å². The first kappa shape index (κ1) is 21.2. The van der Waals surface area contributed by atoms with Crippen LogP contribution < -0.4 is 10.6 Å². The van der Waals surface area contributed by atoms with Crippen molar-refractivity contribution in [2.75, 3.05) is 20.2 Å². The number of nitrogens with zero attached hydrogens (tertiary/aromatic N) is 3. The molecule has 0 saturated carbocycles. The van der Waals surface area contributed by atoms with Gasteiger partial charge in [0.15, 0.2) is 5.96 Å². The molecule has 6 nitrogen and oxygen atoms in total. The van der Waals surface area contributed by atoms with Crippen molar-refractivity contribution in [2.45, 2.75) is 40.3 Å². The number of hydrogen-bond donors (Lipinski definition) is 2. The van der Waals surface area contributed by atoms with E-state index >= 15 is 0 Å². The molecule has 1 atom stereocenters. The van der Waals surface area contributed by atoms with Crippen molar-refractivity contribution in [3.05, 3.63) is 18.0 Å². The normalized spacial score (nSPS) is 13.5. The minimum absolute atomic E-state index is 0. The summed E-state index contributed by atoms with van der Waals surface area (Å²) in [6, 6.07) is 0. The number of halogens is 1. The highest BCUT2D eigenvalue weighted by atomic mass is 127. The number of ether oxygens (including phenoxy) is 1. The first-order valence-corrected chi connectivity index (χ1v) is 7.39. The third-order valence-corrected chi connectivity index (χ3v) is 3.23. The number of nitrogens with one attached hydrogen (secondary N) is 2. The molecule has 0 aromatic carbocycles. The fourth-order valence-electron chi connectivity index (χ4n) is 2.00. The summed E-state index contributed by atoms with van der Waals surface area (Å²) in [5, 5.41) is 10.7. The summed E-state index contributed by atoms with van der Waals surface area (Å²) in [5.41, 5.74) is 1.18. The molecule has 0 aliphatic rings. The van der Waals surface area contributed by atoms with Crippen molar-refractivity contribution < 1.29 is 4.74 Å². The molecule has 128 valence electrons. The molecule has 1 aromatic rings. The van der Waals surface area contributed by atoms with E-state index in [0.717, 1.165) is 24.6 Å². The van der Waals surface area contributed by atoms with Crippen molar-refractivity contribution in [3.63, 3.8) is 0 Å². The van der Waals surface area contributed by atoms with Crippen LogP contribution in [-0.4, -0.2) is 42.0 Å². The maximum Gasteiger partial charge on any atom is 0.191 e. The zero-order chi connectivity index (χ0) is 15.9. The Morgan fingerprint density at radius 3 is 2.55 bits per heavy atom. The lowest BCUT2D eigenvalue weighted by Crippen LogP contribution is -2.45. The molecule has 1 unspecified atom stereocenters. The zero-order valence-electron chi connectivity index (χ0n) is 14.5. The topological polar surface area (TPSA) is 63.5 Å². The molecule has 0 bridgehead atoms. The SMILES string of the molecule is CCNC(=NCc1cnn(C)c1)NCC(OC)C(C)(C)C.I. The zero-order valence-corrected chi connectivity index (χ0v) is 16.8. The second-order valence-electron chi connectivity index (χ2n) is 6.19. The van der Waals surface area contributed by atoms with Gasteiger partial charge in [-0.1, -0.05) is 20.8 Å². The van der Waals surface area contributed by atoms with Crippen LogP contribution in [0.3, 0.4) is 0 Å². The number of guanidine groups is 1. The molecule has 1 rings (SSSR count). The van der Waals surface area contributed by atoms with Crippen LogP contribution in [0.4, 0.5) is 0 Å². The Balaban J connectivity index is 0.00000441. The first-order valence-electron chi connectivity index (χ1n) is 7.39. The molecule has 0 aliphatic heterocycles. The average Bonchev–Trinajstić information content (AvgIpc) is 2.80. The van der Waals surface area contributed by atoms with E-state index in [2.05, 4.69) is 48.4 Å². The summed E-state index contributed by atoms with van der Waals surface area (Å²) >= 11 is 0. The van der Waals surface area contributed by atoms with Crippen molar-refractivity contribution >= 4 is 29.9 Å². The van der Waals surface area contributed by atoms with E-state index in [4.69, 9.17) is 4.74 Å². The van der Waals surface area contributed by atoms with Gasteiger partial charge in [-0.25, -0.2) is 4.99 Å². The van der Waals surface area contributed by atoms with Gasteiger partial charge in [0.1, 0.15) is 0 Å². The van der Waals surface area contributed by atoms with E-state index in [-0.39, 0.29) is 35.5 Å². The molecule has 1 heterocycles. The number of hydrogen-bond acceptors (Lipinski definition) is 3. The lowest BCUT2D eigenvalue weighted by atomic mass is 9.89. The second-order valence-corrected chi connectivity index (χ2v) is 6.19. The van der Waals surface area contributed by atoms with Gasteiger partial charge in [0.25, 0.3) is 0 Å². The van der Waals surface area contributed by atoms with Gasteiger partial charge in [-0.05, 0) is 12.3 Å². The summed E-state index contributed by atoms with van der Waals surface area (Å²) in [6.45, 7) is 10.7. The van der Waals surface area contributed by atoms with Gasteiger partial charge in [0.05, 0.1) is 18.8 Å². The van der Waals surface area contributed by atoms with Crippen LogP contribution in [0.15, 0.2) is 17.4 Å². The Morgan fingerprint density at radius 1 is 1.41 bits per heavy atom. The minimum Gasteiger partial charge on any atom is -0.379 e. The molecule has 0 spiro atoms. The van der Waals surface area contributed by atoms with E-state index < -0.39 is 0 Å². The number of aryl methyl sites for hydroxylation is 1. The van der Waals surface area contributed by atoms with Gasteiger partial charge in [-0.2, -0.15) is 5.10 Å². The quantitative estimate of drug-likeness (QED) is 0.418. The number of methoxy groups -OCH3 is 1. The van der Waals surface area contributed by atoms with Crippen molar-refractivity contribution in [1.82, 2.24) is 20.4 Å². The Labute approximate surface area is 151 Å². The Bertz CT molecular complexity index is 453. The number of aromatic nitrogens is 2. The standard InChI is InChI=1S/C15H29N5O.HI/c1-7-16-14(17-8-12-9-19-20(5)11-12)18-10-13(21-6)15(2,3)4;/h9,11,13H,7-8,10H2,1-6H3,(H2,16,17,18);1H. The van der Waals surface area contributed by atoms with Crippen LogP contribution in [0, 0.1) is 5.41 Å². The van der Waals surface area contributed by atoms with E-state index in [1.807, 2.05) is 19.4 Å². The Morgan fingerprint density at radius 2 is 2.09 bits per heavy atom. The van der Waals surface area contributed by atoms with Gasteiger partial charge in [0, 0.05) is 39.0 Å². The molecule has 1 aromatic heterocycles. The summed E-state index contributed by atoms with van der Waals surface area (Å²) < 4.78 is 7.33. The van der Waals surface area contributed by atoms with E-state index in [9.17, 15) is 0 Å². The fraction of sp³-hybridized carbons (Fsp3) is 0.733. The fourth-order valence-corrected chi connectivity index (χ4v) is 2.00. The molecule has 7 heteroatoms. The Hall–Kier alpha value is -0.830. The maximum absolute atomic E-state index is 5.55. The summed E-state index contributed by atoms with van der Waals surface area (Å²) in [7, 11) is 3.65. The average molecular weight is 423 g/mol. The van der Waals surface area contributed by atoms with Crippen LogP contribution in [-0.2, 0) is 18.3 Å². The molecular formula is C15H30IN5O. The lowest BCUT2D eigenvalue weighted by Gasteiger charge is -2.30. The van der Waals surface area contributed by atoms with Gasteiger partial charge >= 0.3 is 0 Å². The molecule has 22 heavy (non-hydrogen) atoms. The predicted molar refractivity (Wildman–Crippen MR) is 102 cm³/mol. The predicted octanol–water partition coefficient (Wildman–Crippen LogP) is 2.15. The molecule has 2 N–H and O–H groups in total. The number of aliphatic imine (C=N–C) groups is 1. The van der Waals surface area contributed by atoms with Crippen LogP contribution >= 0.6 is 24.0 Å². The maximum atomic E-state index is 5.55. The monoisotopic (exact) mass is 423 g/mol. The smallest absolute Gasteiger partial charge is 0.191 e. The van der Waals surface area contributed by atoms with Crippen molar-refractivity contribution in [1.29, 1.82) is 0 Å². The van der Waals surface area contributed by atoms with Crippen LogP contribution in [0.25, 0.3) is 0 Å². The molecule has 0 saturated heterocycles.